The van der Waals surface area contributed by atoms with Crippen LogP contribution in [0.1, 0.15) is 48.6 Å². The van der Waals surface area contributed by atoms with Crippen LogP contribution in [0, 0.1) is 13.8 Å². The number of aryl methyl sites for hydroxylation is 1. The number of benzene rings is 2. The van der Waals surface area contributed by atoms with E-state index in [2.05, 4.69) is 52.9 Å². The fourth-order valence-corrected chi connectivity index (χ4v) is 5.76. The first-order valence-electron chi connectivity index (χ1n) is 12.8. The summed E-state index contributed by atoms with van der Waals surface area (Å²) in [5, 5.41) is 4.22. The van der Waals surface area contributed by atoms with Gasteiger partial charge in [-0.1, -0.05) is 6.07 Å². The zero-order valence-corrected chi connectivity index (χ0v) is 22.7. The molecule has 1 saturated heterocycles. The molecule has 2 aromatic carbocycles. The normalized spacial score (nSPS) is 18.2. The summed E-state index contributed by atoms with van der Waals surface area (Å²) < 4.78 is 19.3. The number of aromatic nitrogens is 2. The van der Waals surface area contributed by atoms with Gasteiger partial charge in [0.25, 0.3) is 0 Å². The van der Waals surface area contributed by atoms with Crippen LogP contribution in [0.15, 0.2) is 72.9 Å². The predicted molar refractivity (Wildman–Crippen MR) is 152 cm³/mol. The number of nitrogens with one attached hydrogen (secondary N) is 1. The summed E-state index contributed by atoms with van der Waals surface area (Å²) in [5.74, 6) is 2.37. The number of thiocarbonyl (C=S) groups is 1. The van der Waals surface area contributed by atoms with Crippen LogP contribution in [0.4, 0.5) is 5.69 Å². The van der Waals surface area contributed by atoms with Crippen molar-refractivity contribution in [3.63, 3.8) is 0 Å². The van der Waals surface area contributed by atoms with Gasteiger partial charge in [0.15, 0.2) is 16.6 Å². The highest BCUT2D eigenvalue weighted by Gasteiger charge is 2.42. The molecule has 2 aromatic heterocycles. The van der Waals surface area contributed by atoms with Gasteiger partial charge in [0.1, 0.15) is 5.75 Å². The minimum absolute atomic E-state index is 0.108. The van der Waals surface area contributed by atoms with Crippen molar-refractivity contribution in [2.75, 3.05) is 11.7 Å². The van der Waals surface area contributed by atoms with Crippen molar-refractivity contribution in [1.82, 2.24) is 14.9 Å². The molecule has 0 spiro atoms. The molecule has 2 aliphatic rings. The number of nitrogens with zero attached hydrogens (tertiary/aromatic N) is 3. The molecule has 0 unspecified atom stereocenters. The molecule has 8 heteroatoms. The van der Waals surface area contributed by atoms with Gasteiger partial charge in [-0.05, 0) is 100 Å². The summed E-state index contributed by atoms with van der Waals surface area (Å²) in [6.45, 7) is 8.58. The predicted octanol–water partition coefficient (Wildman–Crippen LogP) is 6.18. The molecule has 2 aliphatic heterocycles. The standard InChI is InChI=1S/C30H30N4O3S/c1-18(2)37-23-11-8-21(9-12-23)34-29(28(32-30(34)38)25-7-5-6-14-31-25)24-15-19(3)33(20(24)4)22-10-13-26-27(16-22)36-17-35-26/h5-16,18,28-29H,17H2,1-4H3,(H,32,38)/t28-,29-/m0/s1. The molecule has 7 nitrogen and oxygen atoms in total. The molecule has 1 fully saturated rings. The number of ether oxygens (including phenoxy) is 3. The van der Waals surface area contributed by atoms with E-state index in [9.17, 15) is 0 Å². The second kappa shape index (κ2) is 9.68. The lowest BCUT2D eigenvalue weighted by molar-refractivity contribution is 0.174. The molecule has 0 saturated carbocycles. The van der Waals surface area contributed by atoms with Crippen molar-refractivity contribution in [1.29, 1.82) is 0 Å². The van der Waals surface area contributed by atoms with Crippen LogP contribution in [0.5, 0.6) is 17.2 Å². The van der Waals surface area contributed by atoms with Gasteiger partial charge in [-0.2, -0.15) is 0 Å². The summed E-state index contributed by atoms with van der Waals surface area (Å²) in [5.41, 5.74) is 6.38. The summed E-state index contributed by atoms with van der Waals surface area (Å²) >= 11 is 5.93. The highest BCUT2D eigenvalue weighted by Crippen LogP contribution is 2.44. The Hall–Kier alpha value is -4.04. The minimum Gasteiger partial charge on any atom is -0.491 e. The molecule has 2 atom stereocenters. The molecule has 38 heavy (non-hydrogen) atoms. The molecule has 0 bridgehead atoms. The van der Waals surface area contributed by atoms with Gasteiger partial charge < -0.3 is 29.0 Å². The van der Waals surface area contributed by atoms with E-state index in [1.165, 1.54) is 5.56 Å². The van der Waals surface area contributed by atoms with E-state index in [-0.39, 0.29) is 25.0 Å². The van der Waals surface area contributed by atoms with E-state index in [1.807, 2.05) is 62.5 Å². The van der Waals surface area contributed by atoms with E-state index < -0.39 is 0 Å². The van der Waals surface area contributed by atoms with Crippen molar-refractivity contribution in [2.45, 2.75) is 45.9 Å². The van der Waals surface area contributed by atoms with Crippen molar-refractivity contribution >= 4 is 23.0 Å². The van der Waals surface area contributed by atoms with Crippen LogP contribution < -0.4 is 24.4 Å². The van der Waals surface area contributed by atoms with Gasteiger partial charge in [0.2, 0.25) is 6.79 Å². The maximum Gasteiger partial charge on any atom is 0.231 e. The minimum atomic E-state index is -0.124. The van der Waals surface area contributed by atoms with E-state index in [1.54, 1.807) is 0 Å². The molecular weight excluding hydrogens is 496 g/mol. The van der Waals surface area contributed by atoms with Crippen LogP contribution in [-0.2, 0) is 0 Å². The molecule has 4 heterocycles. The fourth-order valence-electron chi connectivity index (χ4n) is 5.42. The van der Waals surface area contributed by atoms with Crippen LogP contribution in [0.2, 0.25) is 0 Å². The molecule has 0 aliphatic carbocycles. The van der Waals surface area contributed by atoms with E-state index in [4.69, 9.17) is 31.4 Å². The van der Waals surface area contributed by atoms with E-state index in [0.29, 0.717) is 5.11 Å². The topological polar surface area (TPSA) is 60.8 Å². The van der Waals surface area contributed by atoms with E-state index >= 15 is 0 Å². The Kier molecular flexibility index (Phi) is 6.19. The van der Waals surface area contributed by atoms with Crippen molar-refractivity contribution in [3.05, 3.63) is 95.6 Å². The second-order valence-corrected chi connectivity index (χ2v) is 10.2. The fraction of sp³-hybridized carbons (Fsp3) is 0.267. The first-order chi connectivity index (χ1) is 18.4. The van der Waals surface area contributed by atoms with Gasteiger partial charge in [0, 0.05) is 35.0 Å². The molecule has 1 N–H and O–H groups in total. The average Bonchev–Trinajstić information content (AvgIpc) is 3.59. The Balaban J connectivity index is 1.45. The Bertz CT molecular complexity index is 1480. The third kappa shape index (κ3) is 4.24. The van der Waals surface area contributed by atoms with Crippen LogP contribution in [0.25, 0.3) is 5.69 Å². The number of fused-ring (bicyclic) bond motifs is 1. The summed E-state index contributed by atoms with van der Waals surface area (Å²) in [7, 11) is 0. The zero-order chi connectivity index (χ0) is 26.4. The second-order valence-electron chi connectivity index (χ2n) is 9.86. The van der Waals surface area contributed by atoms with Crippen molar-refractivity contribution in [2.24, 2.45) is 0 Å². The molecule has 0 amide bonds. The van der Waals surface area contributed by atoms with E-state index in [0.717, 1.165) is 45.7 Å². The highest BCUT2D eigenvalue weighted by molar-refractivity contribution is 7.80. The highest BCUT2D eigenvalue weighted by atomic mass is 32.1. The molecule has 194 valence electrons. The largest absolute Gasteiger partial charge is 0.491 e. The number of rotatable bonds is 6. The van der Waals surface area contributed by atoms with Crippen LogP contribution >= 0.6 is 12.2 Å². The average molecular weight is 527 g/mol. The Labute approximate surface area is 228 Å². The summed E-state index contributed by atoms with van der Waals surface area (Å²) in [4.78, 5) is 6.89. The molecular formula is C30H30N4O3S. The Morgan fingerprint density at radius 2 is 1.74 bits per heavy atom. The number of anilines is 1. The van der Waals surface area contributed by atoms with Crippen molar-refractivity contribution in [3.8, 4) is 22.9 Å². The van der Waals surface area contributed by atoms with Gasteiger partial charge in [-0.15, -0.1) is 0 Å². The molecule has 6 rings (SSSR count). The maximum absolute atomic E-state index is 5.93. The monoisotopic (exact) mass is 526 g/mol. The first kappa shape index (κ1) is 24.3. The van der Waals surface area contributed by atoms with Gasteiger partial charge in [-0.25, -0.2) is 0 Å². The third-order valence-electron chi connectivity index (χ3n) is 6.99. The Morgan fingerprint density at radius 3 is 2.47 bits per heavy atom. The quantitative estimate of drug-likeness (QED) is 0.301. The SMILES string of the molecule is Cc1cc([C@H]2[C@H](c3ccccn3)NC(=S)N2c2ccc(OC(C)C)cc2)c(C)n1-c1ccc2c(c1)OCO2. The molecule has 4 aromatic rings. The number of pyridine rings is 1. The van der Waals surface area contributed by atoms with Crippen molar-refractivity contribution < 1.29 is 14.2 Å². The first-order valence-corrected chi connectivity index (χ1v) is 13.2. The lowest BCUT2D eigenvalue weighted by Crippen LogP contribution is -2.29. The van der Waals surface area contributed by atoms with Gasteiger partial charge in [-0.3, -0.25) is 4.98 Å². The zero-order valence-electron chi connectivity index (χ0n) is 21.8. The Morgan fingerprint density at radius 1 is 0.974 bits per heavy atom. The molecule has 0 radical (unpaired) electrons. The number of hydrogen-bond acceptors (Lipinski definition) is 5. The van der Waals surface area contributed by atoms with Gasteiger partial charge >= 0.3 is 0 Å². The lowest BCUT2D eigenvalue weighted by Gasteiger charge is -2.28. The third-order valence-corrected chi connectivity index (χ3v) is 7.30. The number of hydrogen-bond donors (Lipinski definition) is 1. The smallest absolute Gasteiger partial charge is 0.231 e. The van der Waals surface area contributed by atoms with Crippen LogP contribution in [-0.4, -0.2) is 27.6 Å². The summed E-state index contributed by atoms with van der Waals surface area (Å²) in [6, 6.07) is 22.2. The van der Waals surface area contributed by atoms with Gasteiger partial charge in [0.05, 0.1) is 23.9 Å². The maximum atomic E-state index is 5.93. The summed E-state index contributed by atoms with van der Waals surface area (Å²) in [6.07, 6.45) is 1.94. The van der Waals surface area contributed by atoms with Crippen LogP contribution in [0.3, 0.4) is 0 Å². The lowest BCUT2D eigenvalue weighted by atomic mass is 9.96.